The molecule has 0 spiro atoms. The van der Waals surface area contributed by atoms with Gasteiger partial charge in [-0.25, -0.2) is 0 Å². The number of carbonyl (C=O) groups excluding carboxylic acids is 3. The fourth-order valence-electron chi connectivity index (χ4n) is 6.11. The van der Waals surface area contributed by atoms with E-state index in [1.165, 1.54) is 0 Å². The minimum Gasteiger partial charge on any atom is -0.394 e. The number of allylic oxidation sites excluding steroid dienone is 1. The summed E-state index contributed by atoms with van der Waals surface area (Å²) < 4.78 is 0. The Labute approximate surface area is 199 Å². The van der Waals surface area contributed by atoms with Crippen molar-refractivity contribution in [2.75, 3.05) is 13.7 Å². The predicted molar refractivity (Wildman–Crippen MR) is 130 cm³/mol. The van der Waals surface area contributed by atoms with Crippen LogP contribution >= 0.6 is 0 Å². The van der Waals surface area contributed by atoms with E-state index in [1.54, 1.807) is 11.9 Å². The molecule has 1 fully saturated rings. The number of carbonyl (C=O) groups is 3. The summed E-state index contributed by atoms with van der Waals surface area (Å²) >= 11 is 0. The van der Waals surface area contributed by atoms with Crippen LogP contribution < -0.4 is 10.6 Å². The van der Waals surface area contributed by atoms with Crippen LogP contribution in [0.3, 0.4) is 0 Å². The third-order valence-electron chi connectivity index (χ3n) is 7.08. The SMILES string of the molecule is CC[C@@H]1C=C[C@H]2[C@H](C(=O)N([C@@H](CO)C(C)C)[C@@H]2C(=O)NC(C)(C)CC(C)(C)C)[C@@H]1C(=O)NC. The molecule has 7 nitrogen and oxygen atoms in total. The molecule has 1 heterocycles. The highest BCUT2D eigenvalue weighted by molar-refractivity contribution is 5.97. The van der Waals surface area contributed by atoms with Crippen molar-refractivity contribution in [3.8, 4) is 0 Å². The minimum absolute atomic E-state index is 0.0134. The Balaban J connectivity index is 2.54. The second-order valence-corrected chi connectivity index (χ2v) is 12.0. The van der Waals surface area contributed by atoms with Gasteiger partial charge in [-0.05, 0) is 43.9 Å². The van der Waals surface area contributed by atoms with Gasteiger partial charge in [-0.15, -0.1) is 0 Å². The molecule has 6 atom stereocenters. The van der Waals surface area contributed by atoms with Crippen LogP contribution in [0.25, 0.3) is 0 Å². The lowest BCUT2D eigenvalue weighted by Crippen LogP contribution is -2.57. The maximum atomic E-state index is 13.9. The highest BCUT2D eigenvalue weighted by Gasteiger charge is 2.58. The van der Waals surface area contributed by atoms with Crippen LogP contribution in [0, 0.1) is 35.0 Å². The van der Waals surface area contributed by atoms with Crippen molar-refractivity contribution >= 4 is 17.7 Å². The quantitative estimate of drug-likeness (QED) is 0.482. The molecule has 2 rings (SSSR count). The number of fused-ring (bicyclic) bond motifs is 1. The molecule has 0 bridgehead atoms. The molecule has 188 valence electrons. The number of amides is 3. The first-order valence-electron chi connectivity index (χ1n) is 12.3. The Morgan fingerprint density at radius 1 is 1.12 bits per heavy atom. The van der Waals surface area contributed by atoms with E-state index in [-0.39, 0.29) is 41.6 Å². The lowest BCUT2D eigenvalue weighted by atomic mass is 9.68. The van der Waals surface area contributed by atoms with Crippen LogP contribution in [0.2, 0.25) is 0 Å². The van der Waals surface area contributed by atoms with E-state index >= 15 is 0 Å². The highest BCUT2D eigenvalue weighted by atomic mass is 16.3. The second kappa shape index (κ2) is 10.2. The van der Waals surface area contributed by atoms with Gasteiger partial charge in [-0.3, -0.25) is 14.4 Å². The molecule has 0 saturated carbocycles. The van der Waals surface area contributed by atoms with Crippen LogP contribution in [-0.2, 0) is 14.4 Å². The predicted octanol–water partition coefficient (Wildman–Crippen LogP) is 2.74. The zero-order valence-corrected chi connectivity index (χ0v) is 21.9. The molecule has 0 unspecified atom stereocenters. The van der Waals surface area contributed by atoms with Crippen molar-refractivity contribution in [3.05, 3.63) is 12.2 Å². The van der Waals surface area contributed by atoms with Gasteiger partial charge in [-0.2, -0.15) is 0 Å². The summed E-state index contributed by atoms with van der Waals surface area (Å²) in [5.74, 6) is -2.28. The number of aliphatic hydroxyl groups is 1. The number of hydrogen-bond acceptors (Lipinski definition) is 4. The zero-order chi connectivity index (χ0) is 25.3. The Kier molecular flexibility index (Phi) is 8.42. The molecule has 2 aliphatic rings. The highest BCUT2D eigenvalue weighted by Crippen LogP contribution is 2.46. The Hall–Kier alpha value is -1.89. The lowest BCUT2D eigenvalue weighted by molar-refractivity contribution is -0.144. The smallest absolute Gasteiger partial charge is 0.243 e. The number of likely N-dealkylation sites (tertiary alicyclic amines) is 1. The number of hydrogen-bond donors (Lipinski definition) is 3. The molecule has 1 saturated heterocycles. The number of rotatable bonds is 8. The summed E-state index contributed by atoms with van der Waals surface area (Å²) in [6.45, 7) is 16.0. The Morgan fingerprint density at radius 2 is 1.73 bits per heavy atom. The average molecular weight is 464 g/mol. The number of nitrogens with zero attached hydrogens (tertiary/aromatic N) is 1. The van der Waals surface area contributed by atoms with Crippen molar-refractivity contribution in [2.45, 2.75) is 85.9 Å². The van der Waals surface area contributed by atoms with Gasteiger partial charge in [0.1, 0.15) is 6.04 Å². The largest absolute Gasteiger partial charge is 0.394 e. The maximum absolute atomic E-state index is 13.9. The molecule has 0 aromatic rings. The maximum Gasteiger partial charge on any atom is 0.243 e. The number of aliphatic hydroxyl groups excluding tert-OH is 1. The third kappa shape index (κ3) is 5.79. The summed E-state index contributed by atoms with van der Waals surface area (Å²) in [5, 5.41) is 16.1. The van der Waals surface area contributed by atoms with E-state index in [1.807, 2.05) is 46.8 Å². The van der Waals surface area contributed by atoms with Crippen molar-refractivity contribution in [2.24, 2.45) is 35.0 Å². The average Bonchev–Trinajstić information content (AvgIpc) is 2.97. The molecule has 0 radical (unpaired) electrons. The fourth-order valence-corrected chi connectivity index (χ4v) is 6.11. The first-order chi connectivity index (χ1) is 15.2. The van der Waals surface area contributed by atoms with Crippen molar-refractivity contribution < 1.29 is 19.5 Å². The standard InChI is InChI=1S/C26H45N3O4/c1-10-16-11-12-17-20(19(16)22(31)27-9)24(33)29(18(13-30)15(2)3)21(17)23(32)28-26(7,8)14-25(4,5)6/h11-12,15-21,30H,10,13-14H2,1-9H3,(H,27,31)(H,28,32)/t16-,17+,18+,19-,20+,21+/m1/s1. The van der Waals surface area contributed by atoms with E-state index in [4.69, 9.17) is 0 Å². The summed E-state index contributed by atoms with van der Waals surface area (Å²) in [6, 6.07) is -1.26. The molecule has 7 heteroatoms. The molecule has 0 aromatic heterocycles. The van der Waals surface area contributed by atoms with Gasteiger partial charge in [0.25, 0.3) is 0 Å². The molecular weight excluding hydrogens is 418 g/mol. The Morgan fingerprint density at radius 3 is 2.18 bits per heavy atom. The summed E-state index contributed by atoms with van der Waals surface area (Å²) in [7, 11) is 1.59. The van der Waals surface area contributed by atoms with Gasteiger partial charge in [0, 0.05) is 18.5 Å². The van der Waals surface area contributed by atoms with Crippen LogP contribution in [0.4, 0.5) is 0 Å². The van der Waals surface area contributed by atoms with Gasteiger partial charge >= 0.3 is 0 Å². The lowest BCUT2D eigenvalue weighted by Gasteiger charge is -2.39. The van der Waals surface area contributed by atoms with Crippen LogP contribution in [0.15, 0.2) is 12.2 Å². The van der Waals surface area contributed by atoms with E-state index in [9.17, 15) is 19.5 Å². The van der Waals surface area contributed by atoms with Gasteiger partial charge < -0.3 is 20.6 Å². The van der Waals surface area contributed by atoms with Crippen LogP contribution in [-0.4, -0.2) is 59.0 Å². The van der Waals surface area contributed by atoms with E-state index in [2.05, 4.69) is 31.4 Å². The van der Waals surface area contributed by atoms with Gasteiger partial charge in [0.15, 0.2) is 0 Å². The van der Waals surface area contributed by atoms with Crippen LogP contribution in [0.1, 0.15) is 68.2 Å². The van der Waals surface area contributed by atoms with E-state index in [0.717, 1.165) is 12.8 Å². The van der Waals surface area contributed by atoms with Crippen LogP contribution in [0.5, 0.6) is 0 Å². The molecule has 0 aromatic carbocycles. The summed E-state index contributed by atoms with van der Waals surface area (Å²) in [5.41, 5.74) is -0.460. The molecule has 1 aliphatic heterocycles. The normalized spacial score (nSPS) is 28.6. The fraction of sp³-hybridized carbons (Fsp3) is 0.808. The first kappa shape index (κ1) is 27.4. The molecule has 1 aliphatic carbocycles. The van der Waals surface area contributed by atoms with E-state index in [0.29, 0.717) is 0 Å². The van der Waals surface area contributed by atoms with Crippen molar-refractivity contribution in [1.82, 2.24) is 15.5 Å². The summed E-state index contributed by atoms with van der Waals surface area (Å²) in [6.07, 6.45) is 5.46. The second-order valence-electron chi connectivity index (χ2n) is 12.0. The van der Waals surface area contributed by atoms with Gasteiger partial charge in [-0.1, -0.05) is 53.7 Å². The van der Waals surface area contributed by atoms with Crippen molar-refractivity contribution in [3.63, 3.8) is 0 Å². The Bertz CT molecular complexity index is 768. The topological polar surface area (TPSA) is 98.7 Å². The zero-order valence-electron chi connectivity index (χ0n) is 21.9. The van der Waals surface area contributed by atoms with Gasteiger partial charge in [0.05, 0.1) is 24.5 Å². The molecular formula is C26H45N3O4. The molecule has 3 N–H and O–H groups in total. The monoisotopic (exact) mass is 463 g/mol. The first-order valence-corrected chi connectivity index (χ1v) is 12.3. The third-order valence-corrected chi connectivity index (χ3v) is 7.08. The van der Waals surface area contributed by atoms with E-state index < -0.39 is 35.4 Å². The number of nitrogens with one attached hydrogen (secondary N) is 2. The summed E-state index contributed by atoms with van der Waals surface area (Å²) in [4.78, 5) is 42.1. The van der Waals surface area contributed by atoms with Gasteiger partial charge in [0.2, 0.25) is 17.7 Å². The molecule has 3 amide bonds. The molecule has 33 heavy (non-hydrogen) atoms. The minimum atomic E-state index is -0.762. The van der Waals surface area contributed by atoms with Crippen molar-refractivity contribution in [1.29, 1.82) is 0 Å².